The zero-order valence-electron chi connectivity index (χ0n) is 10.9. The summed E-state index contributed by atoms with van der Waals surface area (Å²) in [5, 5.41) is 6.45. The SMILES string of the molecule is CNCC(=O)NCC(C)(C)c1ccc(Cl)cc1.Cl. The van der Waals surface area contributed by atoms with Gasteiger partial charge in [0.25, 0.3) is 0 Å². The first-order valence-corrected chi connectivity index (χ1v) is 6.01. The number of carbonyl (C=O) groups excluding carboxylic acids is 1. The van der Waals surface area contributed by atoms with Crippen LogP contribution in [-0.2, 0) is 10.2 Å². The fourth-order valence-corrected chi connectivity index (χ4v) is 1.67. The number of halogens is 2. The lowest BCUT2D eigenvalue weighted by atomic mass is 9.84. The van der Waals surface area contributed by atoms with Crippen molar-refractivity contribution in [2.75, 3.05) is 20.1 Å². The Hall–Kier alpha value is -0.770. The van der Waals surface area contributed by atoms with Crippen LogP contribution in [0.4, 0.5) is 0 Å². The summed E-state index contributed by atoms with van der Waals surface area (Å²) in [5.74, 6) is 0.00883. The summed E-state index contributed by atoms with van der Waals surface area (Å²) >= 11 is 5.85. The van der Waals surface area contributed by atoms with E-state index in [-0.39, 0.29) is 23.7 Å². The third-order valence-corrected chi connectivity index (χ3v) is 2.94. The van der Waals surface area contributed by atoms with Crippen LogP contribution in [0.2, 0.25) is 5.02 Å². The smallest absolute Gasteiger partial charge is 0.233 e. The highest BCUT2D eigenvalue weighted by Crippen LogP contribution is 2.23. The van der Waals surface area contributed by atoms with Crippen LogP contribution in [0.3, 0.4) is 0 Å². The van der Waals surface area contributed by atoms with Gasteiger partial charge in [-0.2, -0.15) is 0 Å². The molecule has 0 saturated heterocycles. The van der Waals surface area contributed by atoms with Crippen molar-refractivity contribution < 1.29 is 4.79 Å². The van der Waals surface area contributed by atoms with E-state index in [1.807, 2.05) is 24.3 Å². The predicted octanol–water partition coefficient (Wildman–Crippen LogP) is 2.38. The number of carbonyl (C=O) groups is 1. The van der Waals surface area contributed by atoms with E-state index in [1.165, 1.54) is 0 Å². The van der Waals surface area contributed by atoms with Crippen LogP contribution in [0, 0.1) is 0 Å². The van der Waals surface area contributed by atoms with Crippen molar-refractivity contribution in [1.29, 1.82) is 0 Å². The number of hydrogen-bond acceptors (Lipinski definition) is 2. The lowest BCUT2D eigenvalue weighted by Gasteiger charge is -2.25. The first kappa shape index (κ1) is 17.2. The highest BCUT2D eigenvalue weighted by molar-refractivity contribution is 6.30. The van der Waals surface area contributed by atoms with Gasteiger partial charge in [-0.25, -0.2) is 0 Å². The number of rotatable bonds is 5. The molecule has 0 unspecified atom stereocenters. The fourth-order valence-electron chi connectivity index (χ4n) is 1.55. The summed E-state index contributed by atoms with van der Waals surface area (Å²) in [5.41, 5.74) is 1.06. The Morgan fingerprint density at radius 2 is 1.83 bits per heavy atom. The molecule has 0 aromatic heterocycles. The number of nitrogens with one attached hydrogen (secondary N) is 2. The molecule has 0 aliphatic heterocycles. The molecule has 1 rings (SSSR count). The molecular formula is C13H20Cl2N2O. The van der Waals surface area contributed by atoms with Gasteiger partial charge in [0.2, 0.25) is 5.91 Å². The van der Waals surface area contributed by atoms with E-state index < -0.39 is 0 Å². The fraction of sp³-hybridized carbons (Fsp3) is 0.462. The molecule has 18 heavy (non-hydrogen) atoms. The molecule has 0 spiro atoms. The monoisotopic (exact) mass is 290 g/mol. The molecule has 0 heterocycles. The zero-order valence-corrected chi connectivity index (χ0v) is 12.5. The third kappa shape index (κ3) is 5.25. The second-order valence-electron chi connectivity index (χ2n) is 4.70. The second kappa shape index (κ2) is 7.62. The number of hydrogen-bond donors (Lipinski definition) is 2. The normalized spacial score (nSPS) is 10.7. The molecule has 2 N–H and O–H groups in total. The number of amides is 1. The predicted molar refractivity (Wildman–Crippen MR) is 78.7 cm³/mol. The van der Waals surface area contributed by atoms with Gasteiger partial charge in [-0.15, -0.1) is 12.4 Å². The van der Waals surface area contributed by atoms with Gasteiger partial charge in [-0.3, -0.25) is 4.79 Å². The van der Waals surface area contributed by atoms with Gasteiger partial charge in [0.15, 0.2) is 0 Å². The summed E-state index contributed by atoms with van der Waals surface area (Å²) < 4.78 is 0. The van der Waals surface area contributed by atoms with Gasteiger partial charge in [0, 0.05) is 17.0 Å². The molecule has 1 aromatic carbocycles. The minimum absolute atomic E-state index is 0. The first-order valence-electron chi connectivity index (χ1n) is 5.63. The summed E-state index contributed by atoms with van der Waals surface area (Å²) in [7, 11) is 1.75. The quantitative estimate of drug-likeness (QED) is 0.874. The second-order valence-corrected chi connectivity index (χ2v) is 5.13. The summed E-state index contributed by atoms with van der Waals surface area (Å²) in [4.78, 5) is 11.4. The Labute approximate surface area is 120 Å². The molecule has 1 aromatic rings. The molecule has 0 aliphatic rings. The van der Waals surface area contributed by atoms with Crippen LogP contribution in [0.25, 0.3) is 0 Å². The molecule has 0 radical (unpaired) electrons. The summed E-state index contributed by atoms with van der Waals surface area (Å²) in [6.07, 6.45) is 0. The Bertz CT molecular complexity index is 377. The van der Waals surface area contributed by atoms with Crippen molar-refractivity contribution in [2.45, 2.75) is 19.3 Å². The van der Waals surface area contributed by atoms with Crippen molar-refractivity contribution in [3.8, 4) is 0 Å². The minimum atomic E-state index is -0.103. The largest absolute Gasteiger partial charge is 0.354 e. The number of benzene rings is 1. The van der Waals surface area contributed by atoms with Gasteiger partial charge in [0.1, 0.15) is 0 Å². The van der Waals surface area contributed by atoms with E-state index in [9.17, 15) is 4.79 Å². The van der Waals surface area contributed by atoms with Crippen LogP contribution in [0.1, 0.15) is 19.4 Å². The summed E-state index contributed by atoms with van der Waals surface area (Å²) in [6, 6.07) is 7.72. The zero-order chi connectivity index (χ0) is 12.9. The number of likely N-dealkylation sites (N-methyl/N-ethyl adjacent to an activating group) is 1. The Balaban J connectivity index is 0.00000289. The van der Waals surface area contributed by atoms with E-state index in [4.69, 9.17) is 11.6 Å². The average molecular weight is 291 g/mol. The summed E-state index contributed by atoms with van der Waals surface area (Å²) in [6.45, 7) is 5.14. The molecule has 102 valence electrons. The maximum atomic E-state index is 11.4. The maximum absolute atomic E-state index is 11.4. The van der Waals surface area contributed by atoms with Crippen molar-refractivity contribution in [1.82, 2.24) is 10.6 Å². The molecule has 0 fully saturated rings. The maximum Gasteiger partial charge on any atom is 0.233 e. The van der Waals surface area contributed by atoms with Gasteiger partial charge in [-0.05, 0) is 24.7 Å². The van der Waals surface area contributed by atoms with Gasteiger partial charge >= 0.3 is 0 Å². The molecular weight excluding hydrogens is 271 g/mol. The van der Waals surface area contributed by atoms with Crippen LogP contribution in [0.15, 0.2) is 24.3 Å². The van der Waals surface area contributed by atoms with Crippen molar-refractivity contribution in [2.24, 2.45) is 0 Å². The lowest BCUT2D eigenvalue weighted by molar-refractivity contribution is -0.120. The van der Waals surface area contributed by atoms with Crippen LogP contribution < -0.4 is 10.6 Å². The van der Waals surface area contributed by atoms with Crippen LogP contribution in [0.5, 0.6) is 0 Å². The highest BCUT2D eigenvalue weighted by Gasteiger charge is 2.21. The van der Waals surface area contributed by atoms with E-state index in [1.54, 1.807) is 7.05 Å². The Morgan fingerprint density at radius 3 is 2.33 bits per heavy atom. The van der Waals surface area contributed by atoms with Gasteiger partial charge < -0.3 is 10.6 Å². The van der Waals surface area contributed by atoms with Gasteiger partial charge in [-0.1, -0.05) is 37.6 Å². The average Bonchev–Trinajstić information content (AvgIpc) is 2.28. The first-order chi connectivity index (χ1) is 7.95. The van der Waals surface area contributed by atoms with Crippen LogP contribution >= 0.6 is 24.0 Å². The van der Waals surface area contributed by atoms with E-state index in [0.29, 0.717) is 13.1 Å². The Kier molecular flexibility index (Phi) is 7.29. The molecule has 0 bridgehead atoms. The van der Waals surface area contributed by atoms with E-state index in [0.717, 1.165) is 10.6 Å². The van der Waals surface area contributed by atoms with Crippen molar-refractivity contribution in [3.63, 3.8) is 0 Å². The van der Waals surface area contributed by atoms with Crippen LogP contribution in [-0.4, -0.2) is 26.0 Å². The van der Waals surface area contributed by atoms with E-state index >= 15 is 0 Å². The molecule has 5 heteroatoms. The van der Waals surface area contributed by atoms with Crippen molar-refractivity contribution in [3.05, 3.63) is 34.9 Å². The topological polar surface area (TPSA) is 41.1 Å². The van der Waals surface area contributed by atoms with Crippen molar-refractivity contribution >= 4 is 29.9 Å². The third-order valence-electron chi connectivity index (χ3n) is 2.69. The molecule has 0 aliphatic carbocycles. The lowest BCUT2D eigenvalue weighted by Crippen LogP contribution is -2.40. The Morgan fingerprint density at radius 1 is 1.28 bits per heavy atom. The van der Waals surface area contributed by atoms with Gasteiger partial charge in [0.05, 0.1) is 6.54 Å². The molecule has 0 saturated carbocycles. The highest BCUT2D eigenvalue weighted by atomic mass is 35.5. The molecule has 1 amide bonds. The minimum Gasteiger partial charge on any atom is -0.354 e. The standard InChI is InChI=1S/C13H19ClN2O.ClH/c1-13(2,9-16-12(17)8-15-3)10-4-6-11(14)7-5-10;/h4-7,15H,8-9H2,1-3H3,(H,16,17);1H. The molecule has 0 atom stereocenters. The van der Waals surface area contributed by atoms with E-state index in [2.05, 4.69) is 24.5 Å². The molecule has 3 nitrogen and oxygen atoms in total.